The molecule has 1 aliphatic heterocycles. The molecule has 4 rings (SSSR count). The fourth-order valence-corrected chi connectivity index (χ4v) is 4.50. The van der Waals surface area contributed by atoms with Crippen LogP contribution in [-0.2, 0) is 9.53 Å². The zero-order chi connectivity index (χ0) is 18.3. The van der Waals surface area contributed by atoms with Crippen LogP contribution in [0.4, 0.5) is 4.79 Å². The van der Waals surface area contributed by atoms with Crippen LogP contribution in [0, 0.1) is 0 Å². The van der Waals surface area contributed by atoms with Crippen molar-refractivity contribution in [1.82, 2.24) is 4.90 Å². The van der Waals surface area contributed by atoms with Crippen LogP contribution < -0.4 is 0 Å². The average molecular weight is 463 g/mol. The molecule has 1 saturated heterocycles. The van der Waals surface area contributed by atoms with Gasteiger partial charge in [0.2, 0.25) is 3.79 Å². The average Bonchev–Trinajstić information content (AvgIpc) is 3.18. The normalized spacial score (nSPS) is 21.4. The van der Waals surface area contributed by atoms with E-state index < -0.39 is 18.2 Å². The minimum Gasteiger partial charge on any atom is -0.448 e. The molecule has 0 bridgehead atoms. The van der Waals surface area contributed by atoms with Gasteiger partial charge >= 0.3 is 6.09 Å². The highest BCUT2D eigenvalue weighted by atomic mass is 127. The number of benzene rings is 2. The van der Waals surface area contributed by atoms with Gasteiger partial charge in [-0.05, 0) is 22.3 Å². The summed E-state index contributed by atoms with van der Waals surface area (Å²) in [4.78, 5) is 25.6. The maximum absolute atomic E-state index is 12.5. The molecule has 2 atom stereocenters. The molecule has 1 amide bonds. The van der Waals surface area contributed by atoms with Crippen LogP contribution in [0.25, 0.3) is 11.1 Å². The van der Waals surface area contributed by atoms with E-state index in [1.807, 2.05) is 24.3 Å². The Bertz CT molecular complexity index is 823. The van der Waals surface area contributed by atoms with Gasteiger partial charge in [0, 0.05) is 34.9 Å². The van der Waals surface area contributed by atoms with Gasteiger partial charge in [-0.3, -0.25) is 9.69 Å². The first-order valence-corrected chi connectivity index (χ1v) is 9.63. The van der Waals surface area contributed by atoms with Gasteiger partial charge in [-0.15, -0.1) is 0 Å². The monoisotopic (exact) mass is 463 g/mol. The topological polar surface area (TPSA) is 66.8 Å². The molecule has 2 aromatic rings. The van der Waals surface area contributed by atoms with Crippen molar-refractivity contribution in [3.8, 4) is 11.1 Å². The highest BCUT2D eigenvalue weighted by Crippen LogP contribution is 2.44. The van der Waals surface area contributed by atoms with Crippen molar-refractivity contribution >= 4 is 32.5 Å². The molecule has 0 unspecified atom stereocenters. The maximum Gasteiger partial charge on any atom is 0.410 e. The molecule has 1 fully saturated rings. The first-order valence-electron chi connectivity index (χ1n) is 8.55. The Kier molecular flexibility index (Phi) is 4.71. The molecule has 134 valence electrons. The van der Waals surface area contributed by atoms with Crippen molar-refractivity contribution in [3.05, 3.63) is 59.7 Å². The van der Waals surface area contributed by atoms with Crippen LogP contribution >= 0.6 is 22.6 Å². The van der Waals surface area contributed by atoms with Gasteiger partial charge in [0.15, 0.2) is 0 Å². The largest absolute Gasteiger partial charge is 0.448 e. The van der Waals surface area contributed by atoms with E-state index in [2.05, 4.69) is 24.3 Å². The summed E-state index contributed by atoms with van der Waals surface area (Å²) < 4.78 is 5.41. The molecule has 6 heteroatoms. The number of likely N-dealkylation sites (tertiary alicyclic amines) is 1. The Morgan fingerprint density at radius 3 is 2.23 bits per heavy atom. The summed E-state index contributed by atoms with van der Waals surface area (Å²) >= 11 is 1.67. The van der Waals surface area contributed by atoms with E-state index in [0.29, 0.717) is 0 Å². The third-order valence-corrected chi connectivity index (χ3v) is 5.83. The van der Waals surface area contributed by atoms with Crippen LogP contribution in [0.1, 0.15) is 23.5 Å². The highest BCUT2D eigenvalue weighted by molar-refractivity contribution is 14.1. The number of nitrogens with zero attached hydrogens (tertiary/aromatic N) is 1. The highest BCUT2D eigenvalue weighted by Gasteiger charge is 2.39. The van der Waals surface area contributed by atoms with E-state index in [4.69, 9.17) is 4.74 Å². The van der Waals surface area contributed by atoms with Crippen LogP contribution in [0.5, 0.6) is 0 Å². The number of halogens is 1. The Morgan fingerprint density at radius 2 is 1.65 bits per heavy atom. The fraction of sp³-hybridized carbons (Fsp3) is 0.300. The molecular weight excluding hydrogens is 445 g/mol. The van der Waals surface area contributed by atoms with E-state index in [1.165, 1.54) is 16.0 Å². The molecule has 0 spiro atoms. The summed E-state index contributed by atoms with van der Waals surface area (Å²) in [7, 11) is 0. The van der Waals surface area contributed by atoms with Crippen LogP contribution in [0.3, 0.4) is 0 Å². The molecular formula is C20H18INO4. The predicted molar refractivity (Wildman–Crippen MR) is 105 cm³/mol. The van der Waals surface area contributed by atoms with Gasteiger partial charge in [-0.25, -0.2) is 4.79 Å². The predicted octanol–water partition coefficient (Wildman–Crippen LogP) is 3.33. The number of β-amino-alcohol motifs (C(OH)–C–C–N with tert-alkyl or cyclic N) is 1. The number of hydrogen-bond acceptors (Lipinski definition) is 4. The SMILES string of the molecule is O=C(I)[C@@H]1C[C@@H](O)CN1C(=O)OCC1c2ccccc2-c2ccccc21. The summed E-state index contributed by atoms with van der Waals surface area (Å²) in [5.41, 5.74) is 4.62. The first-order chi connectivity index (χ1) is 12.6. The quantitative estimate of drug-likeness (QED) is 0.561. The molecule has 1 N–H and O–H groups in total. The molecule has 5 nitrogen and oxygen atoms in total. The number of amides is 1. The summed E-state index contributed by atoms with van der Waals surface area (Å²) in [6.45, 7) is 0.345. The molecule has 0 radical (unpaired) electrons. The van der Waals surface area contributed by atoms with Gasteiger partial charge in [0.1, 0.15) is 12.6 Å². The number of aliphatic hydroxyl groups excluding tert-OH is 1. The van der Waals surface area contributed by atoms with Crippen molar-refractivity contribution in [2.75, 3.05) is 13.2 Å². The molecule has 26 heavy (non-hydrogen) atoms. The zero-order valence-corrected chi connectivity index (χ0v) is 16.1. The standard InChI is InChI=1S/C20H18INO4/c21-19(24)18-9-12(23)10-22(18)20(25)26-11-17-15-7-3-1-5-13(15)14-6-2-4-8-16(14)17/h1-8,12,17-18,23H,9-11H2/t12-,18+/m1/s1. The van der Waals surface area contributed by atoms with E-state index in [0.717, 1.165) is 11.1 Å². The molecule has 2 aromatic carbocycles. The number of carbonyl (C=O) groups is 2. The maximum atomic E-state index is 12.5. The Morgan fingerprint density at radius 1 is 1.08 bits per heavy atom. The number of ether oxygens (including phenoxy) is 1. The summed E-state index contributed by atoms with van der Waals surface area (Å²) in [5.74, 6) is -0.0207. The minimum absolute atomic E-state index is 0.0207. The second-order valence-electron chi connectivity index (χ2n) is 6.67. The Balaban J connectivity index is 1.53. The zero-order valence-electron chi connectivity index (χ0n) is 14.0. The van der Waals surface area contributed by atoms with E-state index in [9.17, 15) is 14.7 Å². The summed E-state index contributed by atoms with van der Waals surface area (Å²) in [6.07, 6.45) is -0.955. The second-order valence-corrected chi connectivity index (χ2v) is 7.73. The van der Waals surface area contributed by atoms with Crippen molar-refractivity contribution in [2.24, 2.45) is 0 Å². The third-order valence-electron chi connectivity index (χ3n) is 5.11. The fourth-order valence-electron chi connectivity index (χ4n) is 3.91. The number of hydrogen-bond donors (Lipinski definition) is 1. The number of carbonyl (C=O) groups excluding carboxylic acids is 2. The van der Waals surface area contributed by atoms with Crippen molar-refractivity contribution in [2.45, 2.75) is 24.5 Å². The summed E-state index contributed by atoms with van der Waals surface area (Å²) in [6, 6.07) is 15.7. The summed E-state index contributed by atoms with van der Waals surface area (Å²) in [5, 5.41) is 9.80. The third kappa shape index (κ3) is 3.01. The van der Waals surface area contributed by atoms with Gasteiger partial charge in [0.05, 0.1) is 12.6 Å². The Labute approximate surface area is 165 Å². The van der Waals surface area contributed by atoms with Gasteiger partial charge in [0.25, 0.3) is 0 Å². The van der Waals surface area contributed by atoms with Gasteiger partial charge in [-0.1, -0.05) is 48.5 Å². The lowest BCUT2D eigenvalue weighted by molar-refractivity contribution is -0.113. The molecule has 2 aliphatic rings. The second kappa shape index (κ2) is 7.00. The van der Waals surface area contributed by atoms with Gasteiger partial charge in [-0.2, -0.15) is 0 Å². The Hall–Kier alpha value is -1.93. The lowest BCUT2D eigenvalue weighted by Gasteiger charge is -2.22. The smallest absolute Gasteiger partial charge is 0.410 e. The molecule has 1 aliphatic carbocycles. The van der Waals surface area contributed by atoms with Crippen LogP contribution in [-0.4, -0.2) is 45.2 Å². The number of fused-ring (bicyclic) bond motifs is 3. The lowest BCUT2D eigenvalue weighted by Crippen LogP contribution is -2.39. The van der Waals surface area contributed by atoms with Crippen molar-refractivity contribution < 1.29 is 19.4 Å². The molecule has 0 saturated carbocycles. The lowest BCUT2D eigenvalue weighted by atomic mass is 9.98. The van der Waals surface area contributed by atoms with Crippen LogP contribution in [0.15, 0.2) is 48.5 Å². The van der Waals surface area contributed by atoms with Crippen molar-refractivity contribution in [3.63, 3.8) is 0 Å². The minimum atomic E-state index is -0.681. The first kappa shape index (κ1) is 17.5. The number of rotatable bonds is 3. The number of aliphatic hydroxyl groups is 1. The van der Waals surface area contributed by atoms with Crippen LogP contribution in [0.2, 0.25) is 0 Å². The van der Waals surface area contributed by atoms with E-state index >= 15 is 0 Å². The van der Waals surface area contributed by atoms with E-state index in [1.54, 1.807) is 22.6 Å². The molecule has 1 heterocycles. The molecule has 0 aromatic heterocycles. The van der Waals surface area contributed by atoms with Gasteiger partial charge < -0.3 is 9.84 Å². The van der Waals surface area contributed by atoms with E-state index in [-0.39, 0.29) is 29.3 Å². The van der Waals surface area contributed by atoms with Crippen molar-refractivity contribution in [1.29, 1.82) is 0 Å².